The van der Waals surface area contributed by atoms with Gasteiger partial charge in [-0.15, -0.1) is 24.0 Å². The van der Waals surface area contributed by atoms with Crippen LogP contribution in [0.2, 0.25) is 0 Å². The van der Waals surface area contributed by atoms with E-state index in [1.54, 1.807) is 18.9 Å². The zero-order chi connectivity index (χ0) is 19.0. The molecular formula is C16H32IN5O4S. The lowest BCUT2D eigenvalue weighted by Gasteiger charge is -2.35. The van der Waals surface area contributed by atoms with Crippen molar-refractivity contribution in [2.75, 3.05) is 58.7 Å². The standard InChI is InChI=1S/C16H31N5O4S.HI/c1-3-25-16(22)21-10-8-20(9-11-21)15(17-2)18-7-12-26(23,24)19-13-14-5-4-6-14;/h14,19H,3-13H2,1-2H3,(H,17,18);1H. The van der Waals surface area contributed by atoms with Crippen molar-refractivity contribution in [2.24, 2.45) is 10.9 Å². The van der Waals surface area contributed by atoms with Gasteiger partial charge < -0.3 is 19.9 Å². The SMILES string of the molecule is CCOC(=O)N1CCN(C(=NC)NCCS(=O)(=O)NCC2CCC2)CC1.I. The number of halogens is 1. The number of sulfonamides is 1. The van der Waals surface area contributed by atoms with Crippen molar-refractivity contribution in [1.82, 2.24) is 19.8 Å². The van der Waals surface area contributed by atoms with E-state index in [2.05, 4.69) is 15.0 Å². The smallest absolute Gasteiger partial charge is 0.409 e. The molecule has 27 heavy (non-hydrogen) atoms. The Balaban J connectivity index is 0.00000364. The summed E-state index contributed by atoms with van der Waals surface area (Å²) in [6.45, 7) is 5.37. The molecule has 2 N–H and O–H groups in total. The Hall–Kier alpha value is -0.820. The number of carbonyl (C=O) groups excluding carboxylic acids is 1. The summed E-state index contributed by atoms with van der Waals surface area (Å²) in [6, 6.07) is 0. The zero-order valence-electron chi connectivity index (χ0n) is 16.1. The summed E-state index contributed by atoms with van der Waals surface area (Å²) in [5, 5.41) is 3.10. The molecule has 1 saturated carbocycles. The minimum absolute atomic E-state index is 0. The Labute approximate surface area is 179 Å². The average molecular weight is 517 g/mol. The first-order chi connectivity index (χ1) is 12.4. The first-order valence-corrected chi connectivity index (χ1v) is 10.9. The second kappa shape index (κ2) is 11.9. The normalized spacial score (nSPS) is 18.5. The number of aliphatic imine (C=N–C) groups is 1. The Kier molecular flexibility index (Phi) is 10.7. The molecule has 2 rings (SSSR count). The third-order valence-corrected chi connectivity index (χ3v) is 6.14. The lowest BCUT2D eigenvalue weighted by atomic mass is 9.86. The van der Waals surface area contributed by atoms with Gasteiger partial charge in [0.1, 0.15) is 0 Å². The van der Waals surface area contributed by atoms with Crippen LogP contribution in [0.3, 0.4) is 0 Å². The molecule has 0 aromatic carbocycles. The minimum atomic E-state index is -3.27. The highest BCUT2D eigenvalue weighted by Crippen LogP contribution is 2.25. The number of piperazine rings is 1. The van der Waals surface area contributed by atoms with Gasteiger partial charge in [0.15, 0.2) is 5.96 Å². The summed E-state index contributed by atoms with van der Waals surface area (Å²) >= 11 is 0. The number of nitrogens with one attached hydrogen (secondary N) is 2. The number of nitrogens with zero attached hydrogens (tertiary/aromatic N) is 3. The number of carbonyl (C=O) groups is 1. The lowest BCUT2D eigenvalue weighted by molar-refractivity contribution is 0.0915. The highest BCUT2D eigenvalue weighted by Gasteiger charge is 2.24. The second-order valence-corrected chi connectivity index (χ2v) is 8.54. The molecule has 158 valence electrons. The van der Waals surface area contributed by atoms with Crippen molar-refractivity contribution >= 4 is 46.1 Å². The fraction of sp³-hybridized carbons (Fsp3) is 0.875. The van der Waals surface area contributed by atoms with Crippen molar-refractivity contribution in [1.29, 1.82) is 0 Å². The van der Waals surface area contributed by atoms with Crippen LogP contribution in [0, 0.1) is 5.92 Å². The number of amides is 1. The van der Waals surface area contributed by atoms with Crippen LogP contribution >= 0.6 is 24.0 Å². The lowest BCUT2D eigenvalue weighted by Crippen LogP contribution is -2.54. The molecule has 9 nitrogen and oxygen atoms in total. The Morgan fingerprint density at radius 3 is 2.33 bits per heavy atom. The van der Waals surface area contributed by atoms with Gasteiger partial charge in [-0.05, 0) is 25.7 Å². The molecule has 0 aromatic heterocycles. The molecule has 1 heterocycles. The molecule has 1 aliphatic carbocycles. The average Bonchev–Trinajstić information content (AvgIpc) is 2.57. The zero-order valence-corrected chi connectivity index (χ0v) is 19.3. The molecule has 1 saturated heterocycles. The second-order valence-electron chi connectivity index (χ2n) is 6.61. The van der Waals surface area contributed by atoms with Gasteiger partial charge in [-0.25, -0.2) is 17.9 Å². The first-order valence-electron chi connectivity index (χ1n) is 9.29. The van der Waals surface area contributed by atoms with E-state index < -0.39 is 10.0 Å². The topological polar surface area (TPSA) is 103 Å². The molecule has 1 aliphatic heterocycles. The Morgan fingerprint density at radius 1 is 1.19 bits per heavy atom. The molecule has 11 heteroatoms. The number of ether oxygens (including phenoxy) is 1. The van der Waals surface area contributed by atoms with E-state index in [9.17, 15) is 13.2 Å². The van der Waals surface area contributed by atoms with Crippen molar-refractivity contribution in [3.8, 4) is 0 Å². The van der Waals surface area contributed by atoms with Crippen molar-refractivity contribution in [2.45, 2.75) is 26.2 Å². The summed E-state index contributed by atoms with van der Waals surface area (Å²) in [5.74, 6) is 1.17. The van der Waals surface area contributed by atoms with Crippen molar-refractivity contribution < 1.29 is 17.9 Å². The van der Waals surface area contributed by atoms with Crippen LogP contribution in [0.5, 0.6) is 0 Å². The fourth-order valence-electron chi connectivity index (χ4n) is 2.96. The largest absolute Gasteiger partial charge is 0.450 e. The van der Waals surface area contributed by atoms with Crippen molar-refractivity contribution in [3.05, 3.63) is 0 Å². The van der Waals surface area contributed by atoms with Crippen LogP contribution < -0.4 is 10.0 Å². The summed E-state index contributed by atoms with van der Waals surface area (Å²) in [6.07, 6.45) is 3.14. The van der Waals surface area contributed by atoms with Gasteiger partial charge in [0.25, 0.3) is 0 Å². The fourth-order valence-corrected chi connectivity index (χ4v) is 3.96. The molecule has 0 aromatic rings. The van der Waals surface area contributed by atoms with E-state index in [1.807, 2.05) is 4.90 Å². The first kappa shape index (κ1) is 24.2. The third kappa shape index (κ3) is 7.98. The minimum Gasteiger partial charge on any atom is -0.450 e. The van der Waals surface area contributed by atoms with Gasteiger partial charge in [0.2, 0.25) is 10.0 Å². The number of hydrogen-bond acceptors (Lipinski definition) is 5. The number of rotatable bonds is 7. The van der Waals surface area contributed by atoms with Gasteiger partial charge in [-0.2, -0.15) is 0 Å². The van der Waals surface area contributed by atoms with E-state index in [1.165, 1.54) is 6.42 Å². The van der Waals surface area contributed by atoms with Gasteiger partial charge in [0, 0.05) is 46.3 Å². The van der Waals surface area contributed by atoms with Crippen LogP contribution in [0.1, 0.15) is 26.2 Å². The maximum atomic E-state index is 12.0. The van der Waals surface area contributed by atoms with Crippen LogP contribution in [0.4, 0.5) is 4.79 Å². The van der Waals surface area contributed by atoms with Crippen LogP contribution in [0.15, 0.2) is 4.99 Å². The highest BCUT2D eigenvalue weighted by molar-refractivity contribution is 14.0. The summed E-state index contributed by atoms with van der Waals surface area (Å²) in [7, 11) is -1.60. The Morgan fingerprint density at radius 2 is 1.81 bits per heavy atom. The summed E-state index contributed by atoms with van der Waals surface area (Å²) < 4.78 is 31.8. The molecule has 0 unspecified atom stereocenters. The number of guanidine groups is 1. The predicted molar refractivity (Wildman–Crippen MR) is 116 cm³/mol. The van der Waals surface area contributed by atoms with E-state index in [4.69, 9.17) is 4.74 Å². The summed E-state index contributed by atoms with van der Waals surface area (Å²) in [4.78, 5) is 19.6. The van der Waals surface area contributed by atoms with Gasteiger partial charge in [0.05, 0.1) is 12.4 Å². The van der Waals surface area contributed by atoms with Gasteiger partial charge in [-0.3, -0.25) is 4.99 Å². The van der Waals surface area contributed by atoms with Crippen LogP contribution in [0.25, 0.3) is 0 Å². The Bertz CT molecular complexity index is 590. The predicted octanol–water partition coefficient (Wildman–Crippen LogP) is 0.673. The summed E-state index contributed by atoms with van der Waals surface area (Å²) in [5.41, 5.74) is 0. The van der Waals surface area contributed by atoms with Crippen LogP contribution in [-0.2, 0) is 14.8 Å². The van der Waals surface area contributed by atoms with Gasteiger partial charge in [-0.1, -0.05) is 6.42 Å². The quantitative estimate of drug-likeness (QED) is 0.293. The molecule has 0 radical (unpaired) electrons. The molecule has 2 aliphatic rings. The van der Waals surface area contributed by atoms with E-state index in [0.29, 0.717) is 57.8 Å². The van der Waals surface area contributed by atoms with E-state index in [0.717, 1.165) is 12.8 Å². The number of hydrogen-bond donors (Lipinski definition) is 2. The molecule has 0 bridgehead atoms. The maximum absolute atomic E-state index is 12.0. The molecule has 2 fully saturated rings. The molecule has 0 atom stereocenters. The van der Waals surface area contributed by atoms with Gasteiger partial charge >= 0.3 is 6.09 Å². The molecular weight excluding hydrogens is 485 g/mol. The van der Waals surface area contributed by atoms with E-state index in [-0.39, 0.29) is 35.8 Å². The monoisotopic (exact) mass is 517 g/mol. The van der Waals surface area contributed by atoms with Crippen molar-refractivity contribution in [3.63, 3.8) is 0 Å². The molecule has 0 spiro atoms. The van der Waals surface area contributed by atoms with E-state index >= 15 is 0 Å². The van der Waals surface area contributed by atoms with Crippen LogP contribution in [-0.4, -0.2) is 88.9 Å². The third-order valence-electron chi connectivity index (χ3n) is 4.79. The highest BCUT2D eigenvalue weighted by atomic mass is 127. The maximum Gasteiger partial charge on any atom is 0.409 e. The molecule has 1 amide bonds.